The van der Waals surface area contributed by atoms with E-state index in [-0.39, 0.29) is 25.1 Å². The normalized spacial score (nSPS) is 12.0. The van der Waals surface area contributed by atoms with E-state index in [4.69, 9.17) is 21.1 Å². The molecular formula is C29H30ClF3N2O4. The van der Waals surface area contributed by atoms with E-state index in [1.54, 1.807) is 56.3 Å². The van der Waals surface area contributed by atoms with Crippen LogP contribution in [0.4, 0.5) is 18.0 Å². The van der Waals surface area contributed by atoms with Crippen molar-refractivity contribution in [3.05, 3.63) is 87.9 Å². The van der Waals surface area contributed by atoms with Crippen molar-refractivity contribution >= 4 is 23.6 Å². The van der Waals surface area contributed by atoms with Gasteiger partial charge in [-0.05, 0) is 72.0 Å². The highest BCUT2D eigenvalue weighted by molar-refractivity contribution is 6.30. The van der Waals surface area contributed by atoms with Crippen LogP contribution in [0.1, 0.15) is 48.6 Å². The number of amides is 2. The maximum absolute atomic E-state index is 13.7. The Hall–Kier alpha value is -3.72. The van der Waals surface area contributed by atoms with Crippen LogP contribution in [0.2, 0.25) is 5.02 Å². The summed E-state index contributed by atoms with van der Waals surface area (Å²) in [4.78, 5) is 24.8. The fourth-order valence-electron chi connectivity index (χ4n) is 4.17. The Morgan fingerprint density at radius 3 is 2.38 bits per heavy atom. The molecule has 0 saturated heterocycles. The lowest BCUT2D eigenvalue weighted by molar-refractivity contribution is -0.142. The van der Waals surface area contributed by atoms with Gasteiger partial charge in [0, 0.05) is 17.1 Å². The molecule has 3 aromatic rings. The molecule has 3 rings (SSSR count). The number of carbonyl (C=O) groups excluding carboxylic acids is 2. The number of benzene rings is 3. The predicted molar refractivity (Wildman–Crippen MR) is 144 cm³/mol. The van der Waals surface area contributed by atoms with Crippen molar-refractivity contribution in [1.82, 2.24) is 10.6 Å². The smallest absolute Gasteiger partial charge is 0.416 e. The first-order valence-electron chi connectivity index (χ1n) is 12.4. The zero-order valence-electron chi connectivity index (χ0n) is 21.8. The average Bonchev–Trinajstić information content (AvgIpc) is 2.90. The van der Waals surface area contributed by atoms with Gasteiger partial charge >= 0.3 is 18.2 Å². The molecule has 3 aromatic carbocycles. The SMILES string of the molecule is CCOC(=O)Cc1ccc(OC)c(-c2ccc(C(F)(F)F)cc2C(CC)NC(=O)NCc2cccc(Cl)c2)c1. The first-order valence-corrected chi connectivity index (χ1v) is 12.8. The molecule has 0 radical (unpaired) electrons. The third kappa shape index (κ3) is 8.13. The lowest BCUT2D eigenvalue weighted by Gasteiger charge is -2.24. The number of nitrogens with one attached hydrogen (secondary N) is 2. The molecule has 0 saturated carbocycles. The van der Waals surface area contributed by atoms with Crippen LogP contribution in [-0.4, -0.2) is 25.7 Å². The average molecular weight is 563 g/mol. The summed E-state index contributed by atoms with van der Waals surface area (Å²) >= 11 is 6.00. The predicted octanol–water partition coefficient (Wildman–Crippen LogP) is 7.09. The van der Waals surface area contributed by atoms with Crippen molar-refractivity contribution in [3.8, 4) is 16.9 Å². The number of alkyl halides is 3. The number of urea groups is 1. The van der Waals surface area contributed by atoms with E-state index in [1.165, 1.54) is 13.2 Å². The number of esters is 1. The summed E-state index contributed by atoms with van der Waals surface area (Å²) in [6.07, 6.45) is -4.29. The Morgan fingerprint density at radius 1 is 0.974 bits per heavy atom. The second-order valence-electron chi connectivity index (χ2n) is 8.73. The minimum absolute atomic E-state index is 0.0117. The van der Waals surface area contributed by atoms with Crippen LogP contribution >= 0.6 is 11.6 Å². The summed E-state index contributed by atoms with van der Waals surface area (Å²) < 4.78 is 51.7. The van der Waals surface area contributed by atoms with Gasteiger partial charge in [-0.3, -0.25) is 4.79 Å². The number of halogens is 4. The molecule has 0 bridgehead atoms. The van der Waals surface area contributed by atoms with Gasteiger partial charge in [0.2, 0.25) is 0 Å². The number of ether oxygens (including phenoxy) is 2. The zero-order chi connectivity index (χ0) is 28.6. The van der Waals surface area contributed by atoms with Crippen LogP contribution in [0, 0.1) is 0 Å². The number of hydrogen-bond acceptors (Lipinski definition) is 4. The molecule has 39 heavy (non-hydrogen) atoms. The van der Waals surface area contributed by atoms with Crippen LogP contribution < -0.4 is 15.4 Å². The molecule has 1 atom stereocenters. The molecule has 1 unspecified atom stereocenters. The van der Waals surface area contributed by atoms with Crippen LogP contribution in [-0.2, 0) is 28.7 Å². The lowest BCUT2D eigenvalue weighted by atomic mass is 9.90. The van der Waals surface area contributed by atoms with Gasteiger partial charge in [0.1, 0.15) is 5.75 Å². The summed E-state index contributed by atoms with van der Waals surface area (Å²) in [6.45, 7) is 3.88. The quantitative estimate of drug-likeness (QED) is 0.259. The van der Waals surface area contributed by atoms with E-state index < -0.39 is 29.8 Å². The minimum atomic E-state index is -4.59. The molecule has 0 aliphatic heterocycles. The summed E-state index contributed by atoms with van der Waals surface area (Å²) in [5, 5.41) is 6.04. The minimum Gasteiger partial charge on any atom is -0.496 e. The van der Waals surface area contributed by atoms with E-state index >= 15 is 0 Å². The molecular weight excluding hydrogens is 533 g/mol. The first kappa shape index (κ1) is 29.8. The van der Waals surface area contributed by atoms with Gasteiger partial charge in [0.05, 0.1) is 31.7 Å². The van der Waals surface area contributed by atoms with E-state index in [0.717, 1.165) is 17.7 Å². The maximum atomic E-state index is 13.7. The van der Waals surface area contributed by atoms with Crippen molar-refractivity contribution in [1.29, 1.82) is 0 Å². The monoisotopic (exact) mass is 562 g/mol. The van der Waals surface area contributed by atoms with Gasteiger partial charge in [-0.15, -0.1) is 0 Å². The van der Waals surface area contributed by atoms with Gasteiger partial charge in [-0.1, -0.05) is 42.8 Å². The van der Waals surface area contributed by atoms with Gasteiger partial charge in [0.15, 0.2) is 0 Å². The van der Waals surface area contributed by atoms with E-state index in [2.05, 4.69) is 10.6 Å². The highest BCUT2D eigenvalue weighted by atomic mass is 35.5. The summed E-state index contributed by atoms with van der Waals surface area (Å²) in [7, 11) is 1.45. The fraction of sp³-hybridized carbons (Fsp3) is 0.310. The van der Waals surface area contributed by atoms with Crippen molar-refractivity contribution in [2.75, 3.05) is 13.7 Å². The molecule has 208 valence electrons. The Morgan fingerprint density at radius 2 is 1.74 bits per heavy atom. The Balaban J connectivity index is 1.99. The first-order chi connectivity index (χ1) is 18.5. The van der Waals surface area contributed by atoms with Gasteiger partial charge < -0.3 is 20.1 Å². The second kappa shape index (κ2) is 13.4. The molecule has 0 fully saturated rings. The van der Waals surface area contributed by atoms with Gasteiger partial charge in [-0.25, -0.2) is 4.79 Å². The van der Waals surface area contributed by atoms with E-state index in [0.29, 0.717) is 33.9 Å². The molecule has 0 heterocycles. The second-order valence-corrected chi connectivity index (χ2v) is 9.17. The maximum Gasteiger partial charge on any atom is 0.416 e. The topological polar surface area (TPSA) is 76.7 Å². The molecule has 0 spiro atoms. The van der Waals surface area contributed by atoms with Crippen molar-refractivity contribution in [2.24, 2.45) is 0 Å². The highest BCUT2D eigenvalue weighted by Crippen LogP contribution is 2.40. The van der Waals surface area contributed by atoms with Crippen molar-refractivity contribution in [3.63, 3.8) is 0 Å². The number of rotatable bonds is 10. The highest BCUT2D eigenvalue weighted by Gasteiger charge is 2.32. The summed E-state index contributed by atoms with van der Waals surface area (Å²) in [5.41, 5.74) is 1.72. The van der Waals surface area contributed by atoms with Crippen molar-refractivity contribution < 1.29 is 32.2 Å². The van der Waals surface area contributed by atoms with Gasteiger partial charge in [0.25, 0.3) is 0 Å². The number of hydrogen-bond donors (Lipinski definition) is 2. The largest absolute Gasteiger partial charge is 0.496 e. The zero-order valence-corrected chi connectivity index (χ0v) is 22.6. The lowest BCUT2D eigenvalue weighted by Crippen LogP contribution is -2.37. The molecule has 0 aromatic heterocycles. The third-order valence-electron chi connectivity index (χ3n) is 6.02. The standard InChI is InChI=1S/C29H30ClF3N2O4/c1-4-25(35-28(37)34-17-19-7-6-8-21(30)13-19)23-16-20(29(31,32)33)10-11-22(23)24-14-18(9-12-26(24)38-3)15-27(36)39-5-2/h6-14,16,25H,4-5,15,17H2,1-3H3,(H2,34,35,37). The Bertz CT molecular complexity index is 1310. The van der Waals surface area contributed by atoms with Crippen LogP contribution in [0.5, 0.6) is 5.75 Å². The van der Waals surface area contributed by atoms with Crippen LogP contribution in [0.15, 0.2) is 60.7 Å². The molecule has 2 amide bonds. The van der Waals surface area contributed by atoms with E-state index in [9.17, 15) is 22.8 Å². The fourth-order valence-corrected chi connectivity index (χ4v) is 4.38. The van der Waals surface area contributed by atoms with E-state index in [1.807, 2.05) is 0 Å². The molecule has 10 heteroatoms. The number of carbonyl (C=O) groups is 2. The number of methoxy groups -OCH3 is 1. The molecule has 0 aliphatic carbocycles. The summed E-state index contributed by atoms with van der Waals surface area (Å²) in [6, 6.07) is 14.1. The van der Waals surface area contributed by atoms with Crippen LogP contribution in [0.3, 0.4) is 0 Å². The van der Waals surface area contributed by atoms with Crippen molar-refractivity contribution in [2.45, 2.75) is 45.5 Å². The Kier molecular flexibility index (Phi) is 10.2. The molecule has 0 aliphatic rings. The van der Waals surface area contributed by atoms with Crippen LogP contribution in [0.25, 0.3) is 11.1 Å². The molecule has 2 N–H and O–H groups in total. The summed E-state index contributed by atoms with van der Waals surface area (Å²) in [5.74, 6) is -0.0189. The molecule has 6 nitrogen and oxygen atoms in total. The van der Waals surface area contributed by atoms with Gasteiger partial charge in [-0.2, -0.15) is 13.2 Å². The third-order valence-corrected chi connectivity index (χ3v) is 6.25. The Labute approximate surface area is 230 Å².